The largest absolute Gasteiger partial charge is 0.309 e. The summed E-state index contributed by atoms with van der Waals surface area (Å²) in [4.78, 5) is 10.4. The standard InChI is InChI=1S/C6H13NOS/c1-5(8)3-4-6(9)7-2/h6-7,9H,3-4H2,1-2H3. The summed E-state index contributed by atoms with van der Waals surface area (Å²) in [6, 6.07) is 0. The molecular formula is C6H13NOS. The summed E-state index contributed by atoms with van der Waals surface area (Å²) in [5, 5.41) is 3.09. The second kappa shape index (κ2) is 4.82. The van der Waals surface area contributed by atoms with Gasteiger partial charge in [-0.15, -0.1) is 0 Å². The lowest BCUT2D eigenvalue weighted by atomic mass is 10.2. The number of hydrogen-bond acceptors (Lipinski definition) is 3. The maximum atomic E-state index is 10.4. The van der Waals surface area contributed by atoms with Gasteiger partial charge in [0.2, 0.25) is 0 Å². The zero-order chi connectivity index (χ0) is 7.28. The molecule has 0 saturated carbocycles. The highest BCUT2D eigenvalue weighted by molar-refractivity contribution is 7.80. The van der Waals surface area contributed by atoms with Crippen LogP contribution in [0.3, 0.4) is 0 Å². The molecule has 0 aromatic heterocycles. The van der Waals surface area contributed by atoms with Crippen molar-refractivity contribution in [1.82, 2.24) is 5.32 Å². The number of thiol groups is 1. The van der Waals surface area contributed by atoms with Crippen LogP contribution in [0, 0.1) is 0 Å². The minimum Gasteiger partial charge on any atom is -0.309 e. The average molecular weight is 147 g/mol. The van der Waals surface area contributed by atoms with Crippen molar-refractivity contribution in [2.24, 2.45) is 0 Å². The Labute approximate surface area is 61.4 Å². The molecule has 0 aliphatic carbocycles. The van der Waals surface area contributed by atoms with Crippen LogP contribution in [0.4, 0.5) is 0 Å². The van der Waals surface area contributed by atoms with Gasteiger partial charge in [0.15, 0.2) is 0 Å². The Morgan fingerprint density at radius 3 is 2.67 bits per heavy atom. The Kier molecular flexibility index (Phi) is 4.81. The Bertz CT molecular complexity index is 95.1. The van der Waals surface area contributed by atoms with Gasteiger partial charge < -0.3 is 10.1 Å². The molecule has 3 heteroatoms. The van der Waals surface area contributed by atoms with Gasteiger partial charge in [-0.25, -0.2) is 0 Å². The molecule has 0 rings (SSSR count). The van der Waals surface area contributed by atoms with Gasteiger partial charge in [-0.2, -0.15) is 12.6 Å². The molecule has 0 fully saturated rings. The van der Waals surface area contributed by atoms with E-state index in [1.54, 1.807) is 6.92 Å². The lowest BCUT2D eigenvalue weighted by Gasteiger charge is -2.05. The highest BCUT2D eigenvalue weighted by atomic mass is 32.1. The maximum absolute atomic E-state index is 10.4. The molecule has 0 amide bonds. The zero-order valence-corrected chi connectivity index (χ0v) is 6.74. The minimum atomic E-state index is 0.161. The van der Waals surface area contributed by atoms with E-state index in [-0.39, 0.29) is 11.2 Å². The quantitative estimate of drug-likeness (QED) is 0.455. The number of carbonyl (C=O) groups is 1. The molecular weight excluding hydrogens is 134 g/mol. The molecule has 0 aromatic carbocycles. The first kappa shape index (κ1) is 8.98. The fourth-order valence-electron chi connectivity index (χ4n) is 0.484. The number of nitrogens with one attached hydrogen (secondary N) is 1. The molecule has 1 N–H and O–H groups in total. The van der Waals surface area contributed by atoms with Gasteiger partial charge in [-0.05, 0) is 20.4 Å². The van der Waals surface area contributed by atoms with Crippen LogP contribution in [0.1, 0.15) is 19.8 Å². The van der Waals surface area contributed by atoms with E-state index in [4.69, 9.17) is 0 Å². The number of ketones is 1. The summed E-state index contributed by atoms with van der Waals surface area (Å²) >= 11 is 4.14. The molecule has 2 nitrogen and oxygen atoms in total. The molecule has 0 aliphatic rings. The van der Waals surface area contributed by atoms with E-state index in [0.717, 1.165) is 6.42 Å². The van der Waals surface area contributed by atoms with Crippen LogP contribution in [0.5, 0.6) is 0 Å². The van der Waals surface area contributed by atoms with Gasteiger partial charge in [0.25, 0.3) is 0 Å². The Balaban J connectivity index is 3.16. The van der Waals surface area contributed by atoms with E-state index in [2.05, 4.69) is 17.9 Å². The van der Waals surface area contributed by atoms with Crippen molar-refractivity contribution >= 4 is 18.4 Å². The lowest BCUT2D eigenvalue weighted by Crippen LogP contribution is -2.18. The highest BCUT2D eigenvalue weighted by Crippen LogP contribution is 1.99. The first-order valence-corrected chi connectivity index (χ1v) is 3.53. The second-order valence-corrected chi connectivity index (χ2v) is 2.67. The monoisotopic (exact) mass is 147 g/mol. The predicted molar refractivity (Wildman–Crippen MR) is 41.7 cm³/mol. The van der Waals surface area contributed by atoms with Crippen LogP contribution in [-0.2, 0) is 4.79 Å². The van der Waals surface area contributed by atoms with Crippen LogP contribution >= 0.6 is 12.6 Å². The normalized spacial score (nSPS) is 13.2. The van der Waals surface area contributed by atoms with Gasteiger partial charge >= 0.3 is 0 Å². The number of hydrogen-bond donors (Lipinski definition) is 2. The summed E-state index contributed by atoms with van der Waals surface area (Å²) in [6.45, 7) is 1.59. The van der Waals surface area contributed by atoms with Crippen molar-refractivity contribution in [3.8, 4) is 0 Å². The third-order valence-electron chi connectivity index (χ3n) is 1.10. The molecule has 1 unspecified atom stereocenters. The van der Waals surface area contributed by atoms with Gasteiger partial charge in [-0.3, -0.25) is 0 Å². The van der Waals surface area contributed by atoms with Gasteiger partial charge in [0.1, 0.15) is 5.78 Å². The molecule has 9 heavy (non-hydrogen) atoms. The Morgan fingerprint density at radius 1 is 1.78 bits per heavy atom. The van der Waals surface area contributed by atoms with Crippen molar-refractivity contribution < 1.29 is 4.79 Å². The Morgan fingerprint density at radius 2 is 2.33 bits per heavy atom. The molecule has 0 saturated heterocycles. The minimum absolute atomic E-state index is 0.161. The van der Waals surface area contributed by atoms with E-state index >= 15 is 0 Å². The van der Waals surface area contributed by atoms with Crippen molar-refractivity contribution in [1.29, 1.82) is 0 Å². The van der Waals surface area contributed by atoms with E-state index < -0.39 is 0 Å². The summed E-state index contributed by atoms with van der Waals surface area (Å²) in [6.07, 6.45) is 1.43. The summed E-state index contributed by atoms with van der Waals surface area (Å²) in [7, 11) is 1.83. The molecule has 0 radical (unpaired) electrons. The number of carbonyl (C=O) groups excluding carboxylic acids is 1. The smallest absolute Gasteiger partial charge is 0.129 e. The van der Waals surface area contributed by atoms with Crippen molar-refractivity contribution in [3.63, 3.8) is 0 Å². The molecule has 1 atom stereocenters. The SMILES string of the molecule is CNC(S)CCC(C)=O. The van der Waals surface area contributed by atoms with Gasteiger partial charge in [0, 0.05) is 6.42 Å². The Hall–Kier alpha value is -0.0200. The van der Waals surface area contributed by atoms with Crippen LogP contribution in [0.2, 0.25) is 0 Å². The first-order valence-electron chi connectivity index (χ1n) is 3.01. The first-order chi connectivity index (χ1) is 4.16. The topological polar surface area (TPSA) is 29.1 Å². The van der Waals surface area contributed by atoms with Gasteiger partial charge in [0.05, 0.1) is 5.37 Å². The van der Waals surface area contributed by atoms with E-state index in [0.29, 0.717) is 6.42 Å². The van der Waals surface area contributed by atoms with Crippen molar-refractivity contribution in [2.45, 2.75) is 25.1 Å². The maximum Gasteiger partial charge on any atom is 0.129 e. The lowest BCUT2D eigenvalue weighted by molar-refractivity contribution is -0.117. The van der Waals surface area contributed by atoms with Crippen molar-refractivity contribution in [2.75, 3.05) is 7.05 Å². The zero-order valence-electron chi connectivity index (χ0n) is 5.85. The van der Waals surface area contributed by atoms with Crippen LogP contribution in [0.15, 0.2) is 0 Å². The fraction of sp³-hybridized carbons (Fsp3) is 0.833. The summed E-state index contributed by atoms with van der Waals surface area (Å²) in [5.41, 5.74) is 0. The van der Waals surface area contributed by atoms with E-state index in [1.165, 1.54) is 0 Å². The molecule has 0 spiro atoms. The molecule has 0 heterocycles. The third kappa shape index (κ3) is 5.86. The summed E-state index contributed by atoms with van der Waals surface area (Å²) in [5.74, 6) is 0.226. The molecule has 0 aromatic rings. The van der Waals surface area contributed by atoms with Crippen molar-refractivity contribution in [3.05, 3.63) is 0 Å². The van der Waals surface area contributed by atoms with Crippen LogP contribution < -0.4 is 5.32 Å². The number of rotatable bonds is 4. The molecule has 54 valence electrons. The third-order valence-corrected chi connectivity index (χ3v) is 1.62. The van der Waals surface area contributed by atoms with Gasteiger partial charge in [-0.1, -0.05) is 0 Å². The predicted octanol–water partition coefficient (Wildman–Crippen LogP) is 0.831. The molecule has 0 aliphatic heterocycles. The summed E-state index contributed by atoms with van der Waals surface area (Å²) < 4.78 is 0. The highest BCUT2D eigenvalue weighted by Gasteiger charge is 1.99. The van der Waals surface area contributed by atoms with Crippen LogP contribution in [0.25, 0.3) is 0 Å². The van der Waals surface area contributed by atoms with E-state index in [9.17, 15) is 4.79 Å². The van der Waals surface area contributed by atoms with E-state index in [1.807, 2.05) is 7.05 Å². The van der Waals surface area contributed by atoms with Crippen LogP contribution in [-0.4, -0.2) is 18.2 Å². The number of Topliss-reactive ketones (excluding diaryl/α,β-unsaturated/α-hetero) is 1. The molecule has 0 bridgehead atoms. The fourth-order valence-corrected chi connectivity index (χ4v) is 0.613. The second-order valence-electron chi connectivity index (χ2n) is 2.05. The average Bonchev–Trinajstić information content (AvgIpc) is 1.83.